The number of nitrogens with two attached hydrogens (primary N) is 1. The zero-order valence-electron chi connectivity index (χ0n) is 9.92. The Bertz CT molecular complexity index is 685. The fourth-order valence-electron chi connectivity index (χ4n) is 2.17. The highest BCUT2D eigenvalue weighted by Gasteiger charge is 2.38. The molecular weight excluding hydrogens is 230 g/mol. The minimum atomic E-state index is -1.15. The lowest BCUT2D eigenvalue weighted by Gasteiger charge is -2.25. The number of benzene rings is 1. The SMILES string of the molecule is CCc1ccc2cnn(C3=C(N)C(=O)C3O)c2c1. The van der Waals surface area contributed by atoms with E-state index in [1.807, 2.05) is 18.2 Å². The van der Waals surface area contributed by atoms with Crippen molar-refractivity contribution in [1.29, 1.82) is 0 Å². The molecule has 0 radical (unpaired) electrons. The summed E-state index contributed by atoms with van der Waals surface area (Å²) in [6, 6.07) is 6.01. The molecule has 2 aromatic rings. The molecular formula is C13H13N3O2. The van der Waals surface area contributed by atoms with Gasteiger partial charge in [0.05, 0.1) is 11.7 Å². The molecule has 5 nitrogen and oxygen atoms in total. The highest BCUT2D eigenvalue weighted by atomic mass is 16.3. The van der Waals surface area contributed by atoms with Crippen molar-refractivity contribution in [1.82, 2.24) is 9.78 Å². The molecule has 1 aromatic carbocycles. The van der Waals surface area contributed by atoms with Crippen LogP contribution in [0.4, 0.5) is 0 Å². The molecule has 0 spiro atoms. The van der Waals surface area contributed by atoms with Crippen LogP contribution in [-0.2, 0) is 11.2 Å². The van der Waals surface area contributed by atoms with Crippen LogP contribution in [0.5, 0.6) is 0 Å². The molecule has 1 atom stereocenters. The summed E-state index contributed by atoms with van der Waals surface area (Å²) in [5.74, 6) is -0.430. The molecule has 0 fully saturated rings. The Labute approximate surface area is 104 Å². The number of nitrogens with zero attached hydrogens (tertiary/aromatic N) is 2. The first kappa shape index (κ1) is 11.0. The van der Waals surface area contributed by atoms with Crippen molar-refractivity contribution in [2.45, 2.75) is 19.4 Å². The number of Topliss-reactive ketones (excluding diaryl/α,β-unsaturated/α-hetero) is 1. The lowest BCUT2D eigenvalue weighted by Crippen LogP contribution is -2.41. The first-order valence-corrected chi connectivity index (χ1v) is 5.82. The van der Waals surface area contributed by atoms with Gasteiger partial charge in [-0.15, -0.1) is 0 Å². The van der Waals surface area contributed by atoms with Gasteiger partial charge in [-0.3, -0.25) is 4.79 Å². The molecule has 0 bridgehead atoms. The van der Waals surface area contributed by atoms with Crippen LogP contribution in [0.1, 0.15) is 12.5 Å². The number of rotatable bonds is 2. The molecule has 18 heavy (non-hydrogen) atoms. The minimum Gasteiger partial charge on any atom is -0.394 e. The third-order valence-corrected chi connectivity index (χ3v) is 3.32. The van der Waals surface area contributed by atoms with Crippen LogP contribution >= 0.6 is 0 Å². The van der Waals surface area contributed by atoms with Crippen molar-refractivity contribution in [3.63, 3.8) is 0 Å². The maximum atomic E-state index is 11.3. The zero-order chi connectivity index (χ0) is 12.9. The van der Waals surface area contributed by atoms with E-state index in [-0.39, 0.29) is 5.70 Å². The smallest absolute Gasteiger partial charge is 0.215 e. The third-order valence-electron chi connectivity index (χ3n) is 3.32. The molecule has 3 rings (SSSR count). The maximum absolute atomic E-state index is 11.3. The Hall–Kier alpha value is -2.14. The molecule has 0 saturated heterocycles. The number of aryl methyl sites for hydroxylation is 1. The fourth-order valence-corrected chi connectivity index (χ4v) is 2.17. The summed E-state index contributed by atoms with van der Waals surface area (Å²) < 4.78 is 1.55. The average Bonchev–Trinajstić information content (AvgIpc) is 2.81. The summed E-state index contributed by atoms with van der Waals surface area (Å²) in [7, 11) is 0. The van der Waals surface area contributed by atoms with Crippen LogP contribution in [0.25, 0.3) is 16.6 Å². The molecule has 0 amide bonds. The Balaban J connectivity index is 2.22. The second-order valence-electron chi connectivity index (χ2n) is 4.37. The first-order valence-electron chi connectivity index (χ1n) is 5.82. The lowest BCUT2D eigenvalue weighted by molar-refractivity contribution is -0.123. The number of hydrogen-bond acceptors (Lipinski definition) is 4. The second kappa shape index (κ2) is 3.68. The van der Waals surface area contributed by atoms with E-state index in [4.69, 9.17) is 5.73 Å². The van der Waals surface area contributed by atoms with Crippen LogP contribution in [0, 0.1) is 0 Å². The predicted molar refractivity (Wildman–Crippen MR) is 67.5 cm³/mol. The van der Waals surface area contributed by atoms with Crippen molar-refractivity contribution in [3.8, 4) is 0 Å². The summed E-state index contributed by atoms with van der Waals surface area (Å²) in [6.07, 6.45) is 1.46. The topological polar surface area (TPSA) is 81.1 Å². The number of aromatic nitrogens is 2. The van der Waals surface area contributed by atoms with E-state index in [1.165, 1.54) is 5.56 Å². The van der Waals surface area contributed by atoms with Crippen LogP contribution in [0.2, 0.25) is 0 Å². The van der Waals surface area contributed by atoms with Crippen LogP contribution in [0.3, 0.4) is 0 Å². The Morgan fingerprint density at radius 1 is 1.50 bits per heavy atom. The van der Waals surface area contributed by atoms with Gasteiger partial charge in [-0.1, -0.05) is 19.1 Å². The molecule has 1 unspecified atom stereocenters. The van der Waals surface area contributed by atoms with Gasteiger partial charge in [-0.25, -0.2) is 4.68 Å². The Morgan fingerprint density at radius 3 is 2.94 bits per heavy atom. The van der Waals surface area contributed by atoms with E-state index in [0.717, 1.165) is 17.3 Å². The van der Waals surface area contributed by atoms with Gasteiger partial charge in [0.25, 0.3) is 0 Å². The van der Waals surface area contributed by atoms with Gasteiger partial charge in [-0.05, 0) is 18.1 Å². The predicted octanol–water partition coefficient (Wildman–Crippen LogP) is 0.670. The standard InChI is InChI=1S/C13H13N3O2/c1-2-7-3-4-8-6-15-16(9(8)5-7)11-10(14)12(17)13(11)18/h3-6,13,18H,2,14H2,1H3. The molecule has 1 aliphatic carbocycles. The number of fused-ring (bicyclic) bond motifs is 1. The van der Waals surface area contributed by atoms with Crippen molar-refractivity contribution >= 4 is 22.4 Å². The van der Waals surface area contributed by atoms with Gasteiger partial charge >= 0.3 is 0 Å². The summed E-state index contributed by atoms with van der Waals surface area (Å²) >= 11 is 0. The van der Waals surface area contributed by atoms with E-state index in [1.54, 1.807) is 10.9 Å². The molecule has 92 valence electrons. The molecule has 1 aliphatic rings. The quantitative estimate of drug-likeness (QED) is 0.812. The summed E-state index contributed by atoms with van der Waals surface area (Å²) in [5.41, 5.74) is 8.12. The number of carbonyl (C=O) groups excluding carboxylic acids is 1. The molecule has 1 aromatic heterocycles. The summed E-state index contributed by atoms with van der Waals surface area (Å²) in [5, 5.41) is 14.8. The average molecular weight is 243 g/mol. The minimum absolute atomic E-state index is 0.0920. The van der Waals surface area contributed by atoms with Gasteiger partial charge < -0.3 is 10.8 Å². The number of ketones is 1. The van der Waals surface area contributed by atoms with Crippen LogP contribution < -0.4 is 5.73 Å². The van der Waals surface area contributed by atoms with Crippen LogP contribution in [0.15, 0.2) is 30.1 Å². The van der Waals surface area contributed by atoms with Crippen molar-refractivity contribution < 1.29 is 9.90 Å². The number of aliphatic hydroxyl groups is 1. The molecule has 1 heterocycles. The molecule has 0 saturated carbocycles. The zero-order valence-corrected chi connectivity index (χ0v) is 9.92. The highest BCUT2D eigenvalue weighted by molar-refractivity contribution is 6.17. The second-order valence-corrected chi connectivity index (χ2v) is 4.37. The van der Waals surface area contributed by atoms with E-state index < -0.39 is 11.9 Å². The van der Waals surface area contributed by atoms with Gasteiger partial charge in [-0.2, -0.15) is 5.10 Å². The molecule has 0 aliphatic heterocycles. The van der Waals surface area contributed by atoms with Crippen LogP contribution in [-0.4, -0.2) is 26.8 Å². The first-order chi connectivity index (χ1) is 8.63. The van der Waals surface area contributed by atoms with Gasteiger partial charge in [0.1, 0.15) is 11.4 Å². The lowest BCUT2D eigenvalue weighted by atomic mass is 9.96. The van der Waals surface area contributed by atoms with E-state index in [9.17, 15) is 9.90 Å². The molecule has 5 heteroatoms. The molecule has 3 N–H and O–H groups in total. The van der Waals surface area contributed by atoms with Crippen molar-refractivity contribution in [3.05, 3.63) is 35.7 Å². The summed E-state index contributed by atoms with van der Waals surface area (Å²) in [6.45, 7) is 2.07. The third kappa shape index (κ3) is 1.31. The number of hydrogen-bond donors (Lipinski definition) is 2. The normalized spacial score (nSPS) is 19.4. The van der Waals surface area contributed by atoms with Gasteiger partial charge in [0.2, 0.25) is 5.78 Å². The summed E-state index contributed by atoms with van der Waals surface area (Å²) in [4.78, 5) is 11.3. The number of aliphatic hydroxyl groups excluding tert-OH is 1. The van der Waals surface area contributed by atoms with E-state index in [0.29, 0.717) is 5.70 Å². The Morgan fingerprint density at radius 2 is 2.28 bits per heavy atom. The van der Waals surface area contributed by atoms with E-state index >= 15 is 0 Å². The largest absolute Gasteiger partial charge is 0.394 e. The number of carbonyl (C=O) groups is 1. The van der Waals surface area contributed by atoms with Gasteiger partial charge in [0, 0.05) is 5.39 Å². The van der Waals surface area contributed by atoms with Crippen molar-refractivity contribution in [2.75, 3.05) is 0 Å². The van der Waals surface area contributed by atoms with E-state index in [2.05, 4.69) is 12.0 Å². The van der Waals surface area contributed by atoms with Gasteiger partial charge in [0.15, 0.2) is 6.10 Å². The monoisotopic (exact) mass is 243 g/mol. The maximum Gasteiger partial charge on any atom is 0.215 e. The highest BCUT2D eigenvalue weighted by Crippen LogP contribution is 2.29. The Kier molecular flexibility index (Phi) is 2.24. The fraction of sp³-hybridized carbons (Fsp3) is 0.231. The van der Waals surface area contributed by atoms with Crippen molar-refractivity contribution in [2.24, 2.45) is 5.73 Å².